The number of amides is 1. The van der Waals surface area contributed by atoms with Gasteiger partial charge < -0.3 is 11.1 Å². The van der Waals surface area contributed by atoms with Gasteiger partial charge in [0.15, 0.2) is 5.69 Å². The lowest BCUT2D eigenvalue weighted by Gasteiger charge is -2.04. The van der Waals surface area contributed by atoms with E-state index in [1.807, 2.05) is 6.92 Å². The van der Waals surface area contributed by atoms with E-state index >= 15 is 0 Å². The van der Waals surface area contributed by atoms with Crippen molar-refractivity contribution in [1.29, 1.82) is 0 Å². The predicted molar refractivity (Wildman–Crippen MR) is 47.0 cm³/mol. The summed E-state index contributed by atoms with van der Waals surface area (Å²) in [5.41, 5.74) is 5.81. The maximum Gasteiger partial charge on any atom is 0.273 e. The number of rotatable bonds is 4. The Kier molecular flexibility index (Phi) is 3.39. The van der Waals surface area contributed by atoms with Crippen molar-refractivity contribution in [1.82, 2.24) is 20.7 Å². The molecule has 0 saturated carbocycles. The molecule has 0 radical (unpaired) electrons. The summed E-state index contributed by atoms with van der Waals surface area (Å²) in [6.07, 6.45) is 2.13. The number of nitrogens with one attached hydrogen (secondary N) is 2. The van der Waals surface area contributed by atoms with Crippen LogP contribution in [0.25, 0.3) is 0 Å². The van der Waals surface area contributed by atoms with Crippen molar-refractivity contribution in [2.75, 3.05) is 6.54 Å². The van der Waals surface area contributed by atoms with Crippen molar-refractivity contribution >= 4 is 5.91 Å². The van der Waals surface area contributed by atoms with E-state index < -0.39 is 0 Å². The number of H-pyrrole nitrogens is 1. The third kappa shape index (κ3) is 3.20. The zero-order chi connectivity index (χ0) is 9.68. The van der Waals surface area contributed by atoms with Gasteiger partial charge in [-0.25, -0.2) is 0 Å². The highest BCUT2D eigenvalue weighted by Gasteiger charge is 2.06. The van der Waals surface area contributed by atoms with Gasteiger partial charge in [-0.2, -0.15) is 15.4 Å². The van der Waals surface area contributed by atoms with Gasteiger partial charge in [0.2, 0.25) is 0 Å². The Bertz CT molecular complexity index is 256. The van der Waals surface area contributed by atoms with Gasteiger partial charge >= 0.3 is 0 Å². The zero-order valence-corrected chi connectivity index (χ0v) is 7.45. The first-order chi connectivity index (χ1) is 6.20. The van der Waals surface area contributed by atoms with E-state index in [1.54, 1.807) is 0 Å². The average molecular weight is 183 g/mol. The lowest BCUT2D eigenvalue weighted by atomic mass is 10.2. The van der Waals surface area contributed by atoms with E-state index in [0.717, 1.165) is 6.42 Å². The van der Waals surface area contributed by atoms with E-state index in [-0.39, 0.29) is 11.9 Å². The van der Waals surface area contributed by atoms with E-state index in [1.165, 1.54) is 6.20 Å². The Morgan fingerprint density at radius 3 is 3.15 bits per heavy atom. The number of hydrogen-bond acceptors (Lipinski definition) is 4. The highest BCUT2D eigenvalue weighted by atomic mass is 16.1. The Morgan fingerprint density at radius 1 is 1.85 bits per heavy atom. The topological polar surface area (TPSA) is 96.7 Å². The van der Waals surface area contributed by atoms with Crippen LogP contribution in [0, 0.1) is 0 Å². The van der Waals surface area contributed by atoms with Gasteiger partial charge in [-0.05, 0) is 13.3 Å². The molecule has 1 aromatic heterocycles. The molecule has 72 valence electrons. The second kappa shape index (κ2) is 4.56. The molecule has 0 aliphatic heterocycles. The first kappa shape index (κ1) is 9.66. The fourth-order valence-corrected chi connectivity index (χ4v) is 0.815. The normalized spacial score (nSPS) is 12.5. The second-order valence-electron chi connectivity index (χ2n) is 2.88. The SMILES string of the molecule is CC(N)CCNC(=O)c1cn[nH]n1. The first-order valence-electron chi connectivity index (χ1n) is 4.09. The van der Waals surface area contributed by atoms with Crippen LogP contribution in [0.15, 0.2) is 6.20 Å². The van der Waals surface area contributed by atoms with Crippen LogP contribution in [0.4, 0.5) is 0 Å². The van der Waals surface area contributed by atoms with Gasteiger partial charge in [-0.1, -0.05) is 0 Å². The van der Waals surface area contributed by atoms with Crippen LogP contribution in [0.5, 0.6) is 0 Å². The van der Waals surface area contributed by atoms with E-state index in [0.29, 0.717) is 12.2 Å². The summed E-state index contributed by atoms with van der Waals surface area (Å²) >= 11 is 0. The molecule has 0 aromatic carbocycles. The Hall–Kier alpha value is -1.43. The summed E-state index contributed by atoms with van der Waals surface area (Å²) in [7, 11) is 0. The van der Waals surface area contributed by atoms with Crippen molar-refractivity contribution in [3.8, 4) is 0 Å². The lowest BCUT2D eigenvalue weighted by Crippen LogP contribution is -2.29. The maximum atomic E-state index is 11.2. The van der Waals surface area contributed by atoms with Crippen LogP contribution < -0.4 is 11.1 Å². The summed E-state index contributed by atoms with van der Waals surface area (Å²) in [4.78, 5) is 11.2. The van der Waals surface area contributed by atoms with Crippen molar-refractivity contribution in [2.45, 2.75) is 19.4 Å². The molecular weight excluding hydrogens is 170 g/mol. The standard InChI is InChI=1S/C7H13N5O/c1-5(8)2-3-9-7(13)6-4-10-12-11-6/h4-5H,2-3,8H2,1H3,(H,9,13)(H,10,11,12). The highest BCUT2D eigenvalue weighted by molar-refractivity contribution is 5.91. The minimum atomic E-state index is -0.227. The van der Waals surface area contributed by atoms with Crippen LogP contribution >= 0.6 is 0 Å². The van der Waals surface area contributed by atoms with Gasteiger partial charge in [0, 0.05) is 12.6 Å². The zero-order valence-electron chi connectivity index (χ0n) is 7.45. The second-order valence-corrected chi connectivity index (χ2v) is 2.88. The molecule has 0 bridgehead atoms. The minimum Gasteiger partial charge on any atom is -0.351 e. The third-order valence-corrected chi connectivity index (χ3v) is 1.53. The maximum absolute atomic E-state index is 11.2. The molecule has 13 heavy (non-hydrogen) atoms. The number of aromatic amines is 1. The predicted octanol–water partition coefficient (Wildman–Crippen LogP) is -0.728. The van der Waals surface area contributed by atoms with Gasteiger partial charge in [0.1, 0.15) is 0 Å². The fourth-order valence-electron chi connectivity index (χ4n) is 0.815. The van der Waals surface area contributed by atoms with Crippen molar-refractivity contribution in [3.63, 3.8) is 0 Å². The molecule has 0 spiro atoms. The summed E-state index contributed by atoms with van der Waals surface area (Å²) < 4.78 is 0. The lowest BCUT2D eigenvalue weighted by molar-refractivity contribution is 0.0948. The molecule has 1 unspecified atom stereocenters. The molecule has 1 rings (SSSR count). The van der Waals surface area contributed by atoms with E-state index in [4.69, 9.17) is 5.73 Å². The Labute approximate surface area is 75.9 Å². The summed E-state index contributed by atoms with van der Waals surface area (Å²) in [5, 5.41) is 12.2. The van der Waals surface area contributed by atoms with Crippen molar-refractivity contribution < 1.29 is 4.79 Å². The van der Waals surface area contributed by atoms with Gasteiger partial charge in [0.05, 0.1) is 6.20 Å². The van der Waals surface area contributed by atoms with Gasteiger partial charge in [-0.3, -0.25) is 4.79 Å². The number of carbonyl (C=O) groups is 1. The molecule has 0 aliphatic rings. The molecule has 4 N–H and O–H groups in total. The Morgan fingerprint density at radius 2 is 2.62 bits per heavy atom. The summed E-state index contributed by atoms with van der Waals surface area (Å²) in [6, 6.07) is 0.0950. The molecule has 1 amide bonds. The number of carbonyl (C=O) groups excluding carboxylic acids is 1. The summed E-state index contributed by atoms with van der Waals surface area (Å²) in [6.45, 7) is 2.45. The van der Waals surface area contributed by atoms with Crippen molar-refractivity contribution in [2.24, 2.45) is 5.73 Å². The van der Waals surface area contributed by atoms with Crippen LogP contribution in [0.2, 0.25) is 0 Å². The molecule has 6 heteroatoms. The molecular formula is C7H13N5O. The summed E-state index contributed by atoms with van der Waals surface area (Å²) in [5.74, 6) is -0.227. The third-order valence-electron chi connectivity index (χ3n) is 1.53. The fraction of sp³-hybridized carbons (Fsp3) is 0.571. The first-order valence-corrected chi connectivity index (χ1v) is 4.09. The number of aromatic nitrogens is 3. The number of hydrogen-bond donors (Lipinski definition) is 3. The highest BCUT2D eigenvalue weighted by Crippen LogP contribution is 1.89. The van der Waals surface area contributed by atoms with Crippen LogP contribution in [0.1, 0.15) is 23.8 Å². The monoisotopic (exact) mass is 183 g/mol. The van der Waals surface area contributed by atoms with E-state index in [2.05, 4.69) is 20.7 Å². The largest absolute Gasteiger partial charge is 0.351 e. The van der Waals surface area contributed by atoms with Gasteiger partial charge in [-0.15, -0.1) is 0 Å². The van der Waals surface area contributed by atoms with Crippen LogP contribution in [0.3, 0.4) is 0 Å². The number of nitrogens with zero attached hydrogens (tertiary/aromatic N) is 2. The van der Waals surface area contributed by atoms with Gasteiger partial charge in [0.25, 0.3) is 5.91 Å². The smallest absolute Gasteiger partial charge is 0.273 e. The molecule has 0 aliphatic carbocycles. The van der Waals surface area contributed by atoms with Crippen LogP contribution in [-0.2, 0) is 0 Å². The molecule has 1 aromatic rings. The average Bonchev–Trinajstić information content (AvgIpc) is 2.55. The molecule has 0 saturated heterocycles. The van der Waals surface area contributed by atoms with Crippen LogP contribution in [-0.4, -0.2) is 33.9 Å². The number of nitrogens with two attached hydrogens (primary N) is 1. The van der Waals surface area contributed by atoms with Crippen molar-refractivity contribution in [3.05, 3.63) is 11.9 Å². The Balaban J connectivity index is 2.27. The molecule has 0 fully saturated rings. The molecule has 1 heterocycles. The quantitative estimate of drug-likeness (QED) is 0.573. The molecule has 6 nitrogen and oxygen atoms in total. The van der Waals surface area contributed by atoms with E-state index in [9.17, 15) is 4.79 Å². The molecule has 1 atom stereocenters. The minimum absolute atomic E-state index is 0.0950.